The van der Waals surface area contributed by atoms with Gasteiger partial charge < -0.3 is 5.11 Å². The van der Waals surface area contributed by atoms with Crippen LogP contribution in [0.15, 0.2) is 11.6 Å². The molecule has 6 atom stereocenters. The van der Waals surface area contributed by atoms with Crippen molar-refractivity contribution in [1.29, 1.82) is 0 Å². The quantitative estimate of drug-likeness (QED) is 0.635. The van der Waals surface area contributed by atoms with Gasteiger partial charge >= 0.3 is 0 Å². The van der Waals surface area contributed by atoms with Crippen molar-refractivity contribution in [2.75, 3.05) is 0 Å². The van der Waals surface area contributed by atoms with Gasteiger partial charge in [0.2, 0.25) is 0 Å². The van der Waals surface area contributed by atoms with Gasteiger partial charge in [0.1, 0.15) is 0 Å². The maximum absolute atomic E-state index is 10.0. The van der Waals surface area contributed by atoms with E-state index < -0.39 is 0 Å². The van der Waals surface area contributed by atoms with E-state index >= 15 is 0 Å². The van der Waals surface area contributed by atoms with E-state index in [9.17, 15) is 5.11 Å². The van der Waals surface area contributed by atoms with Crippen LogP contribution in [0.4, 0.5) is 0 Å². The summed E-state index contributed by atoms with van der Waals surface area (Å²) in [6.07, 6.45) is 14.3. The molecule has 1 N–H and O–H groups in total. The molecule has 0 amide bonds. The molecule has 4 rings (SSSR count). The van der Waals surface area contributed by atoms with Gasteiger partial charge in [-0.25, -0.2) is 0 Å². The van der Waals surface area contributed by atoms with Crippen molar-refractivity contribution >= 4 is 0 Å². The van der Waals surface area contributed by atoms with Crippen LogP contribution in [0.5, 0.6) is 0 Å². The molecule has 1 heteroatoms. The normalized spacial score (nSPS) is 54.6. The lowest BCUT2D eigenvalue weighted by molar-refractivity contribution is -0.0360. The number of hydrogen-bond acceptors (Lipinski definition) is 1. The van der Waals surface area contributed by atoms with Crippen LogP contribution >= 0.6 is 0 Å². The third kappa shape index (κ3) is 1.71. The summed E-state index contributed by atoms with van der Waals surface area (Å²) in [7, 11) is 0. The molecular weight excluding hydrogens is 244 g/mol. The van der Waals surface area contributed by atoms with Crippen LogP contribution < -0.4 is 0 Å². The molecule has 0 saturated heterocycles. The zero-order valence-corrected chi connectivity index (χ0v) is 13.2. The lowest BCUT2D eigenvalue weighted by Crippen LogP contribution is -2.49. The smallest absolute Gasteiger partial charge is 0.0577 e. The number of fused-ring (bicyclic) bond motifs is 5. The molecule has 0 radical (unpaired) electrons. The van der Waals surface area contributed by atoms with Crippen molar-refractivity contribution in [3.63, 3.8) is 0 Å². The molecule has 0 bridgehead atoms. The molecule has 0 aromatic carbocycles. The standard InChI is InChI=1S/C19H30O/c1-18-9-3-4-16(18)15-6-5-13-12-14(20)7-11-19(13,2)17(15)8-10-18/h5,14-17,20H,3-4,6-12H2,1-2H3/t14-,15?,16?,17?,18-,19-/m0/s1. The van der Waals surface area contributed by atoms with Crippen molar-refractivity contribution in [3.8, 4) is 0 Å². The number of rotatable bonds is 0. The summed E-state index contributed by atoms with van der Waals surface area (Å²) < 4.78 is 0. The molecule has 0 aliphatic heterocycles. The van der Waals surface area contributed by atoms with E-state index in [1.807, 2.05) is 0 Å². The van der Waals surface area contributed by atoms with Gasteiger partial charge in [-0.15, -0.1) is 0 Å². The van der Waals surface area contributed by atoms with Crippen molar-refractivity contribution in [2.45, 2.75) is 77.7 Å². The maximum atomic E-state index is 10.0. The number of aliphatic hydroxyl groups excluding tert-OH is 1. The van der Waals surface area contributed by atoms with Crippen LogP contribution in [0.3, 0.4) is 0 Å². The molecule has 3 unspecified atom stereocenters. The first-order chi connectivity index (χ1) is 9.53. The minimum atomic E-state index is -0.0637. The van der Waals surface area contributed by atoms with Gasteiger partial charge in [0.15, 0.2) is 0 Å². The Morgan fingerprint density at radius 1 is 1.05 bits per heavy atom. The van der Waals surface area contributed by atoms with Gasteiger partial charge in [-0.3, -0.25) is 0 Å². The zero-order chi connectivity index (χ0) is 14.0. The second-order valence-electron chi connectivity index (χ2n) is 8.74. The summed E-state index contributed by atoms with van der Waals surface area (Å²) in [5.41, 5.74) is 2.70. The average molecular weight is 274 g/mol. The van der Waals surface area contributed by atoms with E-state index in [1.165, 1.54) is 44.9 Å². The minimum absolute atomic E-state index is 0.0637. The number of aliphatic hydroxyl groups is 1. The Kier molecular flexibility index (Phi) is 2.91. The number of hydrogen-bond donors (Lipinski definition) is 1. The van der Waals surface area contributed by atoms with Gasteiger partial charge in [0.05, 0.1) is 6.10 Å². The highest BCUT2D eigenvalue weighted by Gasteiger charge is 2.55. The summed E-state index contributed by atoms with van der Waals surface area (Å²) in [6.45, 7) is 5.10. The predicted octanol–water partition coefficient (Wildman–Crippen LogP) is 4.70. The molecule has 20 heavy (non-hydrogen) atoms. The Morgan fingerprint density at radius 3 is 2.75 bits per heavy atom. The Bertz CT molecular complexity index is 439. The monoisotopic (exact) mass is 274 g/mol. The van der Waals surface area contributed by atoms with Crippen molar-refractivity contribution in [3.05, 3.63) is 11.6 Å². The topological polar surface area (TPSA) is 20.2 Å². The molecule has 0 heterocycles. The Morgan fingerprint density at radius 2 is 1.90 bits per heavy atom. The molecule has 1 nitrogen and oxygen atoms in total. The SMILES string of the molecule is C[C@@]12CCCC1C1CC=C3C[C@@H](O)CC[C@]3(C)C1CC2. The third-order valence-corrected chi connectivity index (χ3v) is 7.86. The van der Waals surface area contributed by atoms with E-state index in [2.05, 4.69) is 19.9 Å². The molecule has 0 aromatic heterocycles. The lowest BCUT2D eigenvalue weighted by atomic mass is 9.48. The molecule has 3 saturated carbocycles. The van der Waals surface area contributed by atoms with E-state index in [0.717, 1.165) is 30.6 Å². The predicted molar refractivity (Wildman–Crippen MR) is 82.3 cm³/mol. The average Bonchev–Trinajstić information content (AvgIpc) is 2.81. The van der Waals surface area contributed by atoms with Gasteiger partial charge in [-0.1, -0.05) is 31.9 Å². The second kappa shape index (κ2) is 4.35. The molecule has 0 aromatic rings. The summed E-state index contributed by atoms with van der Waals surface area (Å²) in [6, 6.07) is 0. The Balaban J connectivity index is 1.68. The molecular formula is C19H30O. The maximum Gasteiger partial charge on any atom is 0.0577 e. The van der Waals surface area contributed by atoms with E-state index in [1.54, 1.807) is 5.57 Å². The van der Waals surface area contributed by atoms with Crippen LogP contribution in [0.25, 0.3) is 0 Å². The van der Waals surface area contributed by atoms with Gasteiger partial charge in [0, 0.05) is 0 Å². The van der Waals surface area contributed by atoms with Crippen molar-refractivity contribution in [2.24, 2.45) is 28.6 Å². The molecule has 0 spiro atoms. The van der Waals surface area contributed by atoms with E-state index in [4.69, 9.17) is 0 Å². The summed E-state index contributed by atoms with van der Waals surface area (Å²) in [5, 5.41) is 10.0. The minimum Gasteiger partial charge on any atom is -0.393 e. The highest BCUT2D eigenvalue weighted by atomic mass is 16.3. The highest BCUT2D eigenvalue weighted by molar-refractivity contribution is 5.25. The fraction of sp³-hybridized carbons (Fsp3) is 0.895. The van der Waals surface area contributed by atoms with Crippen LogP contribution in [0, 0.1) is 28.6 Å². The first kappa shape index (κ1) is 13.4. The molecule has 112 valence electrons. The first-order valence-corrected chi connectivity index (χ1v) is 8.90. The highest BCUT2D eigenvalue weighted by Crippen LogP contribution is 2.64. The first-order valence-electron chi connectivity index (χ1n) is 8.90. The fourth-order valence-electron chi connectivity index (χ4n) is 6.63. The van der Waals surface area contributed by atoms with Crippen LogP contribution in [0.2, 0.25) is 0 Å². The largest absolute Gasteiger partial charge is 0.393 e. The molecule has 3 fully saturated rings. The summed E-state index contributed by atoms with van der Waals surface area (Å²) >= 11 is 0. The van der Waals surface area contributed by atoms with Crippen LogP contribution in [-0.4, -0.2) is 11.2 Å². The van der Waals surface area contributed by atoms with Gasteiger partial charge in [-0.05, 0) is 80.0 Å². The van der Waals surface area contributed by atoms with Crippen LogP contribution in [-0.2, 0) is 0 Å². The van der Waals surface area contributed by atoms with E-state index in [0.29, 0.717) is 10.8 Å². The third-order valence-electron chi connectivity index (χ3n) is 7.86. The van der Waals surface area contributed by atoms with Crippen molar-refractivity contribution in [1.82, 2.24) is 0 Å². The van der Waals surface area contributed by atoms with E-state index in [-0.39, 0.29) is 6.10 Å². The summed E-state index contributed by atoms with van der Waals surface area (Å²) in [5.74, 6) is 2.84. The Labute approximate surface area is 123 Å². The van der Waals surface area contributed by atoms with Crippen molar-refractivity contribution < 1.29 is 5.11 Å². The second-order valence-corrected chi connectivity index (χ2v) is 8.74. The number of allylic oxidation sites excluding steroid dienone is 1. The van der Waals surface area contributed by atoms with Gasteiger partial charge in [0.25, 0.3) is 0 Å². The molecule has 4 aliphatic carbocycles. The zero-order valence-electron chi connectivity index (χ0n) is 13.2. The lowest BCUT2D eigenvalue weighted by Gasteiger charge is -2.57. The fourth-order valence-corrected chi connectivity index (χ4v) is 6.63. The van der Waals surface area contributed by atoms with Crippen LogP contribution in [0.1, 0.15) is 71.6 Å². The van der Waals surface area contributed by atoms with Gasteiger partial charge in [-0.2, -0.15) is 0 Å². The summed E-state index contributed by atoms with van der Waals surface area (Å²) in [4.78, 5) is 0. The Hall–Kier alpha value is -0.300. The molecule has 4 aliphatic rings.